The number of morpholine rings is 1. The molecule has 0 amide bonds. The van der Waals surface area contributed by atoms with E-state index in [-0.39, 0.29) is 5.82 Å². The van der Waals surface area contributed by atoms with Gasteiger partial charge in [-0.1, -0.05) is 11.6 Å². The minimum absolute atomic E-state index is 0.311. The molecule has 0 bridgehead atoms. The molecule has 1 saturated heterocycles. The summed E-state index contributed by atoms with van der Waals surface area (Å²) in [5, 5.41) is 3.63. The zero-order chi connectivity index (χ0) is 12.1. The Bertz CT molecular complexity index is 370. The molecular weight excluding hydrogens is 243 g/mol. The molecule has 17 heavy (non-hydrogen) atoms. The quantitative estimate of drug-likeness (QED) is 0.896. The van der Waals surface area contributed by atoms with Gasteiger partial charge in [-0.2, -0.15) is 0 Å². The summed E-state index contributed by atoms with van der Waals surface area (Å²) in [5.41, 5.74) is 0.779. The lowest BCUT2D eigenvalue weighted by Gasteiger charge is -2.26. The van der Waals surface area contributed by atoms with Crippen LogP contribution in [0.15, 0.2) is 18.2 Å². The largest absolute Gasteiger partial charge is 0.383 e. The van der Waals surface area contributed by atoms with Gasteiger partial charge in [0, 0.05) is 26.2 Å². The van der Waals surface area contributed by atoms with Crippen LogP contribution < -0.4 is 5.32 Å². The molecule has 0 atom stereocenters. The fourth-order valence-corrected chi connectivity index (χ4v) is 2.04. The Kier molecular flexibility index (Phi) is 4.59. The molecule has 0 radical (unpaired) electrons. The third kappa shape index (κ3) is 3.84. The first-order chi connectivity index (χ1) is 8.25. The second-order valence-corrected chi connectivity index (χ2v) is 4.41. The Balaban J connectivity index is 1.77. The molecule has 1 N–H and O–H groups in total. The van der Waals surface area contributed by atoms with E-state index in [2.05, 4.69) is 10.2 Å². The van der Waals surface area contributed by atoms with Gasteiger partial charge in [-0.05, 0) is 18.2 Å². The summed E-state index contributed by atoms with van der Waals surface area (Å²) >= 11 is 5.91. The maximum atomic E-state index is 12.8. The van der Waals surface area contributed by atoms with Crippen molar-refractivity contribution in [1.82, 2.24) is 4.90 Å². The lowest BCUT2D eigenvalue weighted by atomic mass is 10.3. The molecule has 1 heterocycles. The number of anilines is 1. The van der Waals surface area contributed by atoms with Crippen molar-refractivity contribution in [2.75, 3.05) is 44.7 Å². The van der Waals surface area contributed by atoms with Gasteiger partial charge in [0.1, 0.15) is 5.82 Å². The van der Waals surface area contributed by atoms with Crippen molar-refractivity contribution < 1.29 is 9.13 Å². The monoisotopic (exact) mass is 258 g/mol. The molecule has 2 rings (SSSR count). The Morgan fingerprint density at radius 3 is 2.82 bits per heavy atom. The van der Waals surface area contributed by atoms with Crippen molar-refractivity contribution >= 4 is 17.3 Å². The van der Waals surface area contributed by atoms with Gasteiger partial charge in [0.05, 0.1) is 23.9 Å². The summed E-state index contributed by atoms with van der Waals surface area (Å²) in [6.07, 6.45) is 0. The van der Waals surface area contributed by atoms with E-state index in [0.717, 1.165) is 45.1 Å². The van der Waals surface area contributed by atoms with E-state index >= 15 is 0 Å². The Hall–Kier alpha value is -0.840. The molecule has 0 unspecified atom stereocenters. The topological polar surface area (TPSA) is 24.5 Å². The Labute approximate surface area is 106 Å². The van der Waals surface area contributed by atoms with Crippen LogP contribution in [0.3, 0.4) is 0 Å². The zero-order valence-corrected chi connectivity index (χ0v) is 10.3. The van der Waals surface area contributed by atoms with Crippen LogP contribution in [0.2, 0.25) is 5.02 Å². The van der Waals surface area contributed by atoms with E-state index in [4.69, 9.17) is 16.3 Å². The predicted octanol–water partition coefficient (Wildman–Crippen LogP) is 2.22. The number of nitrogens with one attached hydrogen (secondary N) is 1. The molecule has 1 aromatic carbocycles. The number of benzene rings is 1. The number of hydrogen-bond acceptors (Lipinski definition) is 3. The number of nitrogens with zero attached hydrogens (tertiary/aromatic N) is 1. The number of halogens is 2. The van der Waals surface area contributed by atoms with Gasteiger partial charge in [0.25, 0.3) is 0 Å². The molecule has 1 aliphatic heterocycles. The average molecular weight is 259 g/mol. The van der Waals surface area contributed by atoms with Crippen molar-refractivity contribution in [3.05, 3.63) is 29.0 Å². The molecule has 0 spiro atoms. The van der Waals surface area contributed by atoms with Gasteiger partial charge in [-0.15, -0.1) is 0 Å². The van der Waals surface area contributed by atoms with E-state index in [1.165, 1.54) is 12.1 Å². The van der Waals surface area contributed by atoms with Gasteiger partial charge < -0.3 is 10.1 Å². The standard InChI is InChI=1S/C12H16ClFN2O/c13-11-9-10(14)1-2-12(11)15-3-4-16-5-7-17-8-6-16/h1-2,9,15H,3-8H2. The third-order valence-electron chi connectivity index (χ3n) is 2.78. The lowest BCUT2D eigenvalue weighted by molar-refractivity contribution is 0.0398. The minimum Gasteiger partial charge on any atom is -0.383 e. The highest BCUT2D eigenvalue weighted by Crippen LogP contribution is 2.21. The highest BCUT2D eigenvalue weighted by Gasteiger charge is 2.09. The van der Waals surface area contributed by atoms with Crippen LogP contribution in [0.1, 0.15) is 0 Å². The second-order valence-electron chi connectivity index (χ2n) is 4.00. The molecule has 5 heteroatoms. The van der Waals surface area contributed by atoms with Crippen LogP contribution in [0.4, 0.5) is 10.1 Å². The minimum atomic E-state index is -0.311. The molecule has 94 valence electrons. The van der Waals surface area contributed by atoms with Crippen LogP contribution in [0.25, 0.3) is 0 Å². The molecular formula is C12H16ClFN2O. The molecule has 0 aliphatic carbocycles. The predicted molar refractivity (Wildman–Crippen MR) is 67.2 cm³/mol. The van der Waals surface area contributed by atoms with Crippen molar-refractivity contribution in [2.45, 2.75) is 0 Å². The van der Waals surface area contributed by atoms with Crippen LogP contribution >= 0.6 is 11.6 Å². The summed E-state index contributed by atoms with van der Waals surface area (Å²) in [5.74, 6) is -0.311. The van der Waals surface area contributed by atoms with Crippen LogP contribution in [-0.4, -0.2) is 44.3 Å². The molecule has 1 fully saturated rings. The SMILES string of the molecule is Fc1ccc(NCCN2CCOCC2)c(Cl)c1. The molecule has 1 aromatic rings. The van der Waals surface area contributed by atoms with Gasteiger partial charge in [0.15, 0.2) is 0 Å². The smallest absolute Gasteiger partial charge is 0.124 e. The first-order valence-electron chi connectivity index (χ1n) is 5.75. The fraction of sp³-hybridized carbons (Fsp3) is 0.500. The first-order valence-corrected chi connectivity index (χ1v) is 6.12. The number of ether oxygens (including phenoxy) is 1. The third-order valence-corrected chi connectivity index (χ3v) is 3.09. The van der Waals surface area contributed by atoms with Gasteiger partial charge in [-0.3, -0.25) is 4.90 Å². The normalized spacial score (nSPS) is 17.1. The van der Waals surface area contributed by atoms with Crippen molar-refractivity contribution in [1.29, 1.82) is 0 Å². The summed E-state index contributed by atoms with van der Waals surface area (Å²) in [6, 6.07) is 4.39. The number of rotatable bonds is 4. The second kappa shape index (κ2) is 6.19. The van der Waals surface area contributed by atoms with E-state index in [1.807, 2.05) is 0 Å². The highest BCUT2D eigenvalue weighted by atomic mass is 35.5. The van der Waals surface area contributed by atoms with Crippen LogP contribution in [0.5, 0.6) is 0 Å². The maximum absolute atomic E-state index is 12.8. The van der Waals surface area contributed by atoms with Gasteiger partial charge in [0.2, 0.25) is 0 Å². The van der Waals surface area contributed by atoms with Gasteiger partial charge in [-0.25, -0.2) is 4.39 Å². The van der Waals surface area contributed by atoms with Crippen LogP contribution in [0, 0.1) is 5.82 Å². The molecule has 0 saturated carbocycles. The number of hydrogen-bond donors (Lipinski definition) is 1. The maximum Gasteiger partial charge on any atom is 0.124 e. The summed E-state index contributed by atoms with van der Waals surface area (Å²) in [4.78, 5) is 2.33. The van der Waals surface area contributed by atoms with E-state index < -0.39 is 0 Å². The highest BCUT2D eigenvalue weighted by molar-refractivity contribution is 6.33. The Morgan fingerprint density at radius 1 is 1.35 bits per heavy atom. The van der Waals surface area contributed by atoms with Crippen molar-refractivity contribution in [3.63, 3.8) is 0 Å². The first kappa shape index (κ1) is 12.6. The van der Waals surface area contributed by atoms with E-state index in [0.29, 0.717) is 5.02 Å². The summed E-state index contributed by atoms with van der Waals surface area (Å²) in [6.45, 7) is 5.29. The lowest BCUT2D eigenvalue weighted by Crippen LogP contribution is -2.39. The zero-order valence-electron chi connectivity index (χ0n) is 9.59. The van der Waals surface area contributed by atoms with E-state index in [1.54, 1.807) is 6.07 Å². The fourth-order valence-electron chi connectivity index (χ4n) is 1.81. The Morgan fingerprint density at radius 2 is 2.12 bits per heavy atom. The van der Waals surface area contributed by atoms with Crippen LogP contribution in [-0.2, 0) is 4.74 Å². The van der Waals surface area contributed by atoms with Crippen molar-refractivity contribution in [2.24, 2.45) is 0 Å². The summed E-state index contributed by atoms with van der Waals surface area (Å²) in [7, 11) is 0. The van der Waals surface area contributed by atoms with Gasteiger partial charge >= 0.3 is 0 Å². The van der Waals surface area contributed by atoms with E-state index in [9.17, 15) is 4.39 Å². The molecule has 0 aromatic heterocycles. The molecule has 3 nitrogen and oxygen atoms in total. The van der Waals surface area contributed by atoms with Crippen molar-refractivity contribution in [3.8, 4) is 0 Å². The summed E-state index contributed by atoms with van der Waals surface area (Å²) < 4.78 is 18.1. The average Bonchev–Trinajstić information content (AvgIpc) is 2.33. The molecule has 1 aliphatic rings.